The van der Waals surface area contributed by atoms with Crippen LogP contribution in [0.25, 0.3) is 0 Å². The third-order valence-electron chi connectivity index (χ3n) is 1.09. The first kappa shape index (κ1) is 8.28. The van der Waals surface area contributed by atoms with Gasteiger partial charge in [0.1, 0.15) is 0 Å². The number of nitrogens with one attached hydrogen (secondary N) is 1. The Balaban J connectivity index is 3.48. The van der Waals surface area contributed by atoms with E-state index in [-0.39, 0.29) is 0 Å². The molecule has 0 saturated heterocycles. The molecule has 52 valence electrons. The molecule has 3 nitrogen and oxygen atoms in total. The van der Waals surface area contributed by atoms with E-state index in [1.807, 2.05) is 26.2 Å². The Morgan fingerprint density at radius 1 is 1.56 bits per heavy atom. The molecule has 0 aromatic carbocycles. The monoisotopic (exact) mass is 127 g/mol. The predicted molar refractivity (Wildman–Crippen MR) is 38.3 cm³/mol. The van der Waals surface area contributed by atoms with Gasteiger partial charge in [0, 0.05) is 20.1 Å². The summed E-state index contributed by atoms with van der Waals surface area (Å²) in [7, 11) is 5.62. The Hall–Kier alpha value is -0.720. The number of hydrogen-bond donors (Lipinski definition) is 1. The van der Waals surface area contributed by atoms with Gasteiger partial charge in [-0.05, 0) is 7.05 Å². The first-order valence-electron chi connectivity index (χ1n) is 2.78. The first-order valence-corrected chi connectivity index (χ1v) is 2.78. The molecule has 0 radical (unpaired) electrons. The third-order valence-corrected chi connectivity index (χ3v) is 1.09. The van der Waals surface area contributed by atoms with Crippen molar-refractivity contribution in [2.45, 2.75) is 0 Å². The van der Waals surface area contributed by atoms with E-state index in [1.54, 1.807) is 5.01 Å². The van der Waals surface area contributed by atoms with Gasteiger partial charge in [-0.15, -0.1) is 0 Å². The summed E-state index contributed by atoms with van der Waals surface area (Å²) in [6, 6.07) is 2.47. The largest absolute Gasteiger partial charge is 0.306 e. The smallest absolute Gasteiger partial charge is 0.0672 e. The summed E-state index contributed by atoms with van der Waals surface area (Å²) < 4.78 is 0. The summed E-state index contributed by atoms with van der Waals surface area (Å²) in [6.07, 6.45) is 5.11. The van der Waals surface area contributed by atoms with Crippen molar-refractivity contribution in [1.82, 2.24) is 15.3 Å². The molecule has 0 rings (SSSR count). The molecule has 0 aromatic rings. The normalized spacial score (nSPS) is 9.22. The average molecular weight is 127 g/mol. The molecule has 0 bridgehead atoms. The Morgan fingerprint density at radius 2 is 2.11 bits per heavy atom. The zero-order chi connectivity index (χ0) is 7.28. The number of rotatable bonds is 3. The maximum Gasteiger partial charge on any atom is 0.0672 e. The molecule has 0 atom stereocenters. The highest BCUT2D eigenvalue weighted by Gasteiger charge is 1.96. The number of nitrogens with zero attached hydrogens (tertiary/aromatic N) is 2. The minimum absolute atomic E-state index is 0.765. The van der Waals surface area contributed by atoms with Crippen LogP contribution in [-0.2, 0) is 0 Å². The van der Waals surface area contributed by atoms with Crippen molar-refractivity contribution >= 4 is 0 Å². The molecule has 9 heavy (non-hydrogen) atoms. The molecule has 0 spiro atoms. The molecule has 1 N–H and O–H groups in total. The van der Waals surface area contributed by atoms with Crippen LogP contribution < -0.4 is 5.32 Å². The van der Waals surface area contributed by atoms with Gasteiger partial charge in [-0.25, -0.2) is 5.01 Å². The molecular weight excluding hydrogens is 114 g/mol. The maximum atomic E-state index is 5.11. The fourth-order valence-corrected chi connectivity index (χ4v) is 0.433. The van der Waals surface area contributed by atoms with Crippen molar-refractivity contribution < 1.29 is 0 Å². The summed E-state index contributed by atoms with van der Waals surface area (Å²) in [4.78, 5) is 0. The van der Waals surface area contributed by atoms with Crippen molar-refractivity contribution in [2.24, 2.45) is 0 Å². The second-order valence-electron chi connectivity index (χ2n) is 1.82. The van der Waals surface area contributed by atoms with Crippen LogP contribution in [0, 0.1) is 12.5 Å². The van der Waals surface area contributed by atoms with Gasteiger partial charge in [-0.3, -0.25) is 5.01 Å². The van der Waals surface area contributed by atoms with E-state index in [0.29, 0.717) is 0 Å². The molecule has 3 heteroatoms. The van der Waals surface area contributed by atoms with Crippen LogP contribution in [0.15, 0.2) is 0 Å². The topological polar surface area (TPSA) is 18.5 Å². The van der Waals surface area contributed by atoms with Crippen LogP contribution in [0.5, 0.6) is 0 Å². The SMILES string of the molecule is C#CN(C)N(C)CNC. The molecule has 0 aliphatic heterocycles. The van der Waals surface area contributed by atoms with Crippen molar-refractivity contribution in [1.29, 1.82) is 0 Å². The lowest BCUT2D eigenvalue weighted by Crippen LogP contribution is -2.38. The van der Waals surface area contributed by atoms with E-state index in [4.69, 9.17) is 6.42 Å². The molecule has 0 unspecified atom stereocenters. The Kier molecular flexibility index (Phi) is 3.85. The van der Waals surface area contributed by atoms with Gasteiger partial charge in [0.05, 0.1) is 6.67 Å². The van der Waals surface area contributed by atoms with Crippen LogP contribution in [0.1, 0.15) is 0 Å². The summed E-state index contributed by atoms with van der Waals surface area (Å²) >= 11 is 0. The minimum atomic E-state index is 0.765. The maximum absolute atomic E-state index is 5.11. The fourth-order valence-electron chi connectivity index (χ4n) is 0.433. The Labute approximate surface area is 56.6 Å². The molecule has 0 fully saturated rings. The lowest BCUT2D eigenvalue weighted by atomic mass is 10.9. The van der Waals surface area contributed by atoms with E-state index in [2.05, 4.69) is 11.4 Å². The quantitative estimate of drug-likeness (QED) is 0.239. The molecule has 0 amide bonds. The number of hydrazine groups is 1. The van der Waals surface area contributed by atoms with Gasteiger partial charge < -0.3 is 5.32 Å². The lowest BCUT2D eigenvalue weighted by Gasteiger charge is -2.23. The Bertz CT molecular complexity index is 105. The van der Waals surface area contributed by atoms with Crippen LogP contribution in [0.2, 0.25) is 0 Å². The van der Waals surface area contributed by atoms with Crippen LogP contribution in [-0.4, -0.2) is 37.8 Å². The van der Waals surface area contributed by atoms with E-state index >= 15 is 0 Å². The van der Waals surface area contributed by atoms with Gasteiger partial charge in [-0.2, -0.15) is 0 Å². The highest BCUT2D eigenvalue weighted by molar-refractivity contribution is 4.79. The number of terminal acetylenes is 1. The Morgan fingerprint density at radius 3 is 2.44 bits per heavy atom. The van der Waals surface area contributed by atoms with Crippen LogP contribution >= 0.6 is 0 Å². The standard InChI is InChI=1S/C6H13N3/c1-5-8(3)9(4)6-7-2/h1,7H,6H2,2-4H3. The minimum Gasteiger partial charge on any atom is -0.306 e. The van der Waals surface area contributed by atoms with Gasteiger partial charge in [0.2, 0.25) is 0 Å². The predicted octanol–water partition coefficient (Wildman–Crippen LogP) is -0.467. The molecule has 0 aliphatic rings. The van der Waals surface area contributed by atoms with Gasteiger partial charge in [0.15, 0.2) is 0 Å². The van der Waals surface area contributed by atoms with Crippen LogP contribution in [0.3, 0.4) is 0 Å². The molecule has 0 aliphatic carbocycles. The highest BCUT2D eigenvalue weighted by atomic mass is 15.6. The molecular formula is C6H13N3. The fraction of sp³-hybridized carbons (Fsp3) is 0.667. The molecule has 0 heterocycles. The molecule has 0 saturated carbocycles. The van der Waals surface area contributed by atoms with Crippen molar-refractivity contribution in [3.05, 3.63) is 0 Å². The van der Waals surface area contributed by atoms with E-state index in [9.17, 15) is 0 Å². The zero-order valence-corrected chi connectivity index (χ0v) is 6.18. The summed E-state index contributed by atoms with van der Waals surface area (Å²) in [5.74, 6) is 0. The van der Waals surface area contributed by atoms with Crippen molar-refractivity contribution in [2.75, 3.05) is 27.8 Å². The summed E-state index contributed by atoms with van der Waals surface area (Å²) in [5.41, 5.74) is 0. The highest BCUT2D eigenvalue weighted by Crippen LogP contribution is 1.82. The molecule has 0 aromatic heterocycles. The first-order chi connectivity index (χ1) is 4.22. The zero-order valence-electron chi connectivity index (χ0n) is 6.18. The van der Waals surface area contributed by atoms with E-state index in [1.165, 1.54) is 0 Å². The van der Waals surface area contributed by atoms with Crippen LogP contribution in [0.4, 0.5) is 0 Å². The average Bonchev–Trinajstić information content (AvgIpc) is 1.87. The van der Waals surface area contributed by atoms with E-state index < -0.39 is 0 Å². The van der Waals surface area contributed by atoms with Crippen molar-refractivity contribution in [3.63, 3.8) is 0 Å². The lowest BCUT2D eigenvalue weighted by molar-refractivity contribution is 0.0854. The van der Waals surface area contributed by atoms with Crippen molar-refractivity contribution in [3.8, 4) is 12.5 Å². The second-order valence-corrected chi connectivity index (χ2v) is 1.82. The number of hydrogen-bond acceptors (Lipinski definition) is 3. The van der Waals surface area contributed by atoms with E-state index in [0.717, 1.165) is 6.67 Å². The van der Waals surface area contributed by atoms with Gasteiger partial charge >= 0.3 is 0 Å². The second kappa shape index (κ2) is 4.19. The van der Waals surface area contributed by atoms with Gasteiger partial charge in [0.25, 0.3) is 0 Å². The third kappa shape index (κ3) is 2.96. The summed E-state index contributed by atoms with van der Waals surface area (Å²) in [5, 5.41) is 6.54. The van der Waals surface area contributed by atoms with Gasteiger partial charge in [-0.1, -0.05) is 6.42 Å². The summed E-state index contributed by atoms with van der Waals surface area (Å²) in [6.45, 7) is 0.765.